The van der Waals surface area contributed by atoms with Gasteiger partial charge in [0.05, 0.1) is 10.9 Å². The van der Waals surface area contributed by atoms with Crippen LogP contribution in [0.3, 0.4) is 0 Å². The Kier molecular flexibility index (Phi) is 7.01. The molecule has 1 aromatic heterocycles. The molecule has 0 unspecified atom stereocenters. The number of nitrogens with zero attached hydrogens (tertiary/aromatic N) is 2. The van der Waals surface area contributed by atoms with Crippen LogP contribution in [-0.2, 0) is 22.8 Å². The number of amides is 1. The first-order valence-electron chi connectivity index (χ1n) is 9.86. The predicted octanol–water partition coefficient (Wildman–Crippen LogP) is 4.46. The number of ether oxygens (including phenoxy) is 2. The summed E-state index contributed by atoms with van der Waals surface area (Å²) in [6.07, 6.45) is 0.902. The Labute approximate surface area is 176 Å². The summed E-state index contributed by atoms with van der Waals surface area (Å²) >= 11 is 0. The van der Waals surface area contributed by atoms with Crippen LogP contribution in [0.2, 0.25) is 25.7 Å². The molecule has 1 heterocycles. The molecule has 158 valence electrons. The van der Waals surface area contributed by atoms with Gasteiger partial charge in [-0.25, -0.2) is 9.78 Å². The van der Waals surface area contributed by atoms with Crippen molar-refractivity contribution in [3.63, 3.8) is 0 Å². The molecule has 1 N–H and O–H groups in total. The van der Waals surface area contributed by atoms with E-state index in [9.17, 15) is 9.59 Å². The van der Waals surface area contributed by atoms with Crippen LogP contribution in [0.25, 0.3) is 10.9 Å². The lowest BCUT2D eigenvalue weighted by Crippen LogP contribution is -2.25. The molecule has 2 aromatic carbocycles. The van der Waals surface area contributed by atoms with Gasteiger partial charge in [0.25, 0.3) is 5.56 Å². The minimum Gasteiger partial charge on any atom is -0.444 e. The summed E-state index contributed by atoms with van der Waals surface area (Å²) in [4.78, 5) is 29.0. The Hall–Kier alpha value is -2.97. The van der Waals surface area contributed by atoms with Crippen LogP contribution < -0.4 is 10.9 Å². The fourth-order valence-electron chi connectivity index (χ4n) is 2.75. The second-order valence-corrected chi connectivity index (χ2v) is 13.9. The van der Waals surface area contributed by atoms with Crippen molar-refractivity contribution in [3.05, 3.63) is 70.8 Å². The summed E-state index contributed by atoms with van der Waals surface area (Å²) in [6.45, 7) is 7.84. The fraction of sp³-hybridized carbons (Fsp3) is 0.318. The molecule has 0 spiro atoms. The molecule has 0 aliphatic rings. The van der Waals surface area contributed by atoms with Crippen LogP contribution >= 0.6 is 0 Å². The molecule has 0 fully saturated rings. The zero-order chi connectivity index (χ0) is 21.6. The van der Waals surface area contributed by atoms with Crippen molar-refractivity contribution in [1.29, 1.82) is 0 Å². The number of carbonyl (C=O) groups is 1. The second kappa shape index (κ2) is 9.68. The van der Waals surface area contributed by atoms with Gasteiger partial charge in [0.2, 0.25) is 0 Å². The molecule has 0 aliphatic heterocycles. The monoisotopic (exact) mass is 425 g/mol. The maximum atomic E-state index is 12.7. The van der Waals surface area contributed by atoms with Gasteiger partial charge in [0.1, 0.15) is 19.7 Å². The molecule has 0 saturated heterocycles. The number of nitrogens with one attached hydrogen (secondary N) is 1. The Morgan fingerprint density at radius 1 is 1.13 bits per heavy atom. The van der Waals surface area contributed by atoms with E-state index in [0.29, 0.717) is 23.2 Å². The van der Waals surface area contributed by atoms with Gasteiger partial charge in [-0.2, -0.15) is 0 Å². The zero-order valence-corrected chi connectivity index (χ0v) is 18.6. The third-order valence-electron chi connectivity index (χ3n) is 4.51. The molecular weight excluding hydrogens is 398 g/mol. The molecule has 0 atom stereocenters. The molecule has 3 aromatic rings. The first kappa shape index (κ1) is 21.7. The standard InChI is InChI=1S/C22H27N3O4Si/c1-30(2,3)12-11-28-16-25-15-23-20-13-18(9-10-19(20)21(25)26)24-22(27)29-14-17-7-5-4-6-8-17/h4-10,13,15H,11-12,14,16H2,1-3H3,(H,24,27). The number of anilines is 1. The van der Waals surface area contributed by atoms with E-state index < -0.39 is 14.2 Å². The topological polar surface area (TPSA) is 82.4 Å². The second-order valence-electron chi connectivity index (χ2n) is 8.29. The number of carbonyl (C=O) groups excluding carboxylic acids is 1. The average molecular weight is 426 g/mol. The van der Waals surface area contributed by atoms with Crippen LogP contribution in [0.5, 0.6) is 0 Å². The molecule has 3 rings (SSSR count). The van der Waals surface area contributed by atoms with E-state index >= 15 is 0 Å². The van der Waals surface area contributed by atoms with Gasteiger partial charge in [0, 0.05) is 20.4 Å². The van der Waals surface area contributed by atoms with Gasteiger partial charge >= 0.3 is 6.09 Å². The van der Waals surface area contributed by atoms with Gasteiger partial charge in [0.15, 0.2) is 0 Å². The van der Waals surface area contributed by atoms with Crippen LogP contribution in [0.15, 0.2) is 59.7 Å². The normalized spacial score (nSPS) is 11.4. The molecule has 0 saturated carbocycles. The zero-order valence-electron chi connectivity index (χ0n) is 17.6. The summed E-state index contributed by atoms with van der Waals surface area (Å²) in [5.74, 6) is 0. The van der Waals surface area contributed by atoms with Crippen molar-refractivity contribution in [3.8, 4) is 0 Å². The van der Waals surface area contributed by atoms with Crippen molar-refractivity contribution in [2.75, 3.05) is 11.9 Å². The van der Waals surface area contributed by atoms with Gasteiger partial charge < -0.3 is 9.47 Å². The molecule has 0 radical (unpaired) electrons. The molecule has 0 aliphatic carbocycles. The third kappa shape index (κ3) is 6.26. The van der Waals surface area contributed by atoms with E-state index in [0.717, 1.165) is 11.6 Å². The highest BCUT2D eigenvalue weighted by Gasteiger charge is 2.12. The number of fused-ring (bicyclic) bond motifs is 1. The molecule has 8 heteroatoms. The largest absolute Gasteiger partial charge is 0.444 e. The van der Waals surface area contributed by atoms with Crippen molar-refractivity contribution in [2.24, 2.45) is 0 Å². The fourth-order valence-corrected chi connectivity index (χ4v) is 3.50. The summed E-state index contributed by atoms with van der Waals surface area (Å²) in [5.41, 5.74) is 1.74. The van der Waals surface area contributed by atoms with E-state index in [1.54, 1.807) is 18.2 Å². The lowest BCUT2D eigenvalue weighted by atomic mass is 10.2. The highest BCUT2D eigenvalue weighted by molar-refractivity contribution is 6.76. The quantitative estimate of drug-likeness (QED) is 0.426. The number of hydrogen-bond donors (Lipinski definition) is 1. The smallest absolute Gasteiger partial charge is 0.411 e. The van der Waals surface area contributed by atoms with Gasteiger partial charge in [-0.05, 0) is 29.8 Å². The molecule has 1 amide bonds. The van der Waals surface area contributed by atoms with Crippen molar-refractivity contribution >= 4 is 30.8 Å². The van der Waals surface area contributed by atoms with Gasteiger partial charge in [-0.1, -0.05) is 50.0 Å². The van der Waals surface area contributed by atoms with E-state index in [4.69, 9.17) is 9.47 Å². The number of benzene rings is 2. The van der Waals surface area contributed by atoms with E-state index in [-0.39, 0.29) is 18.9 Å². The molecule has 0 bridgehead atoms. The van der Waals surface area contributed by atoms with E-state index in [1.807, 2.05) is 30.3 Å². The molecular formula is C22H27N3O4Si. The van der Waals surface area contributed by atoms with Gasteiger partial charge in [-0.3, -0.25) is 14.7 Å². The Bertz CT molecular complexity index is 1060. The van der Waals surface area contributed by atoms with Crippen LogP contribution in [0, 0.1) is 0 Å². The highest BCUT2D eigenvalue weighted by atomic mass is 28.3. The summed E-state index contributed by atoms with van der Waals surface area (Å²) < 4.78 is 12.3. The summed E-state index contributed by atoms with van der Waals surface area (Å²) in [7, 11) is -1.17. The van der Waals surface area contributed by atoms with Crippen molar-refractivity contribution < 1.29 is 14.3 Å². The van der Waals surface area contributed by atoms with Crippen molar-refractivity contribution in [1.82, 2.24) is 9.55 Å². The average Bonchev–Trinajstić information content (AvgIpc) is 2.71. The molecule has 30 heavy (non-hydrogen) atoms. The molecule has 7 nitrogen and oxygen atoms in total. The number of rotatable bonds is 8. The Balaban J connectivity index is 1.60. The lowest BCUT2D eigenvalue weighted by Gasteiger charge is -2.15. The first-order chi connectivity index (χ1) is 14.3. The van der Waals surface area contributed by atoms with Crippen LogP contribution in [0.1, 0.15) is 5.56 Å². The maximum absolute atomic E-state index is 12.7. The predicted molar refractivity (Wildman–Crippen MR) is 120 cm³/mol. The minimum atomic E-state index is -1.17. The first-order valence-corrected chi connectivity index (χ1v) is 13.6. The van der Waals surface area contributed by atoms with E-state index in [1.165, 1.54) is 10.9 Å². The summed E-state index contributed by atoms with van der Waals surface area (Å²) in [6, 6.07) is 15.4. The Morgan fingerprint density at radius 3 is 2.63 bits per heavy atom. The van der Waals surface area contributed by atoms with Crippen molar-refractivity contribution in [2.45, 2.75) is 39.0 Å². The lowest BCUT2D eigenvalue weighted by molar-refractivity contribution is 0.0844. The SMILES string of the molecule is C[Si](C)(C)CCOCn1cnc2cc(NC(=O)OCc3ccccc3)ccc2c1=O. The number of hydrogen-bond acceptors (Lipinski definition) is 5. The number of aromatic nitrogens is 2. The highest BCUT2D eigenvalue weighted by Crippen LogP contribution is 2.15. The van der Waals surface area contributed by atoms with Crippen LogP contribution in [0.4, 0.5) is 10.5 Å². The maximum Gasteiger partial charge on any atom is 0.411 e. The Morgan fingerprint density at radius 2 is 1.90 bits per heavy atom. The van der Waals surface area contributed by atoms with Crippen LogP contribution in [-0.4, -0.2) is 30.3 Å². The summed E-state index contributed by atoms with van der Waals surface area (Å²) in [5, 5.41) is 3.13. The van der Waals surface area contributed by atoms with E-state index in [2.05, 4.69) is 29.9 Å². The minimum absolute atomic E-state index is 0.175. The van der Waals surface area contributed by atoms with Gasteiger partial charge in [-0.15, -0.1) is 0 Å². The third-order valence-corrected chi connectivity index (χ3v) is 6.22.